The second kappa shape index (κ2) is 5.03. The van der Waals surface area contributed by atoms with Crippen LogP contribution in [0.4, 0.5) is 5.69 Å². The number of anilines is 1. The van der Waals surface area contributed by atoms with Gasteiger partial charge in [0.25, 0.3) is 10.0 Å². The van der Waals surface area contributed by atoms with Crippen LogP contribution in [0.5, 0.6) is 0 Å². The average Bonchev–Trinajstić information content (AvgIpc) is 2.71. The minimum atomic E-state index is -3.47. The molecule has 3 nitrogen and oxygen atoms in total. The highest BCUT2D eigenvalue weighted by atomic mass is 79.9. The zero-order valence-electron chi connectivity index (χ0n) is 9.90. The van der Waals surface area contributed by atoms with Gasteiger partial charge in [-0.1, -0.05) is 15.9 Å². The Bertz CT molecular complexity index is 677. The van der Waals surface area contributed by atoms with Gasteiger partial charge in [0.15, 0.2) is 0 Å². The van der Waals surface area contributed by atoms with E-state index in [0.29, 0.717) is 9.90 Å². The summed E-state index contributed by atoms with van der Waals surface area (Å²) in [7, 11) is -3.47. The van der Waals surface area contributed by atoms with Crippen LogP contribution in [-0.2, 0) is 10.0 Å². The Morgan fingerprint density at radius 3 is 2.44 bits per heavy atom. The second-order valence-electron chi connectivity index (χ2n) is 3.93. The predicted octanol–water partition coefficient (Wildman–Crippen LogP) is 3.93. The Morgan fingerprint density at radius 2 is 1.89 bits per heavy atom. The molecule has 0 aliphatic heterocycles. The van der Waals surface area contributed by atoms with Crippen molar-refractivity contribution in [3.63, 3.8) is 0 Å². The third-order valence-electron chi connectivity index (χ3n) is 2.39. The van der Waals surface area contributed by atoms with Crippen molar-refractivity contribution in [3.05, 3.63) is 45.2 Å². The highest BCUT2D eigenvalue weighted by Crippen LogP contribution is 2.25. The maximum atomic E-state index is 12.1. The van der Waals surface area contributed by atoms with Crippen molar-refractivity contribution in [1.82, 2.24) is 0 Å². The van der Waals surface area contributed by atoms with Gasteiger partial charge in [-0.2, -0.15) is 0 Å². The molecule has 0 unspecified atom stereocenters. The van der Waals surface area contributed by atoms with Gasteiger partial charge < -0.3 is 0 Å². The number of hydrogen-bond acceptors (Lipinski definition) is 3. The van der Waals surface area contributed by atoms with E-state index < -0.39 is 10.0 Å². The molecule has 0 aliphatic rings. The molecule has 2 rings (SSSR count). The van der Waals surface area contributed by atoms with E-state index in [2.05, 4.69) is 20.7 Å². The summed E-state index contributed by atoms with van der Waals surface area (Å²) in [6.07, 6.45) is 0. The number of aryl methyl sites for hydroxylation is 2. The first-order valence-electron chi connectivity index (χ1n) is 5.24. The molecule has 2 aromatic rings. The lowest BCUT2D eigenvalue weighted by atomic mass is 10.2. The fourth-order valence-corrected chi connectivity index (χ4v) is 4.05. The van der Waals surface area contributed by atoms with E-state index in [4.69, 9.17) is 0 Å². The number of benzene rings is 1. The highest BCUT2D eigenvalue weighted by molar-refractivity contribution is 9.10. The molecule has 0 fully saturated rings. The van der Waals surface area contributed by atoms with Crippen LogP contribution in [0.1, 0.15) is 10.4 Å². The lowest BCUT2D eigenvalue weighted by molar-refractivity contribution is 0.603. The molecule has 1 heterocycles. The van der Waals surface area contributed by atoms with Gasteiger partial charge >= 0.3 is 0 Å². The van der Waals surface area contributed by atoms with E-state index in [1.54, 1.807) is 24.3 Å². The fourth-order valence-electron chi connectivity index (χ4n) is 1.47. The van der Waals surface area contributed by atoms with Gasteiger partial charge in [0, 0.05) is 15.0 Å². The van der Waals surface area contributed by atoms with E-state index in [-0.39, 0.29) is 0 Å². The average molecular weight is 346 g/mol. The molecular formula is C12H12BrNO2S2. The zero-order chi connectivity index (χ0) is 13.3. The summed E-state index contributed by atoms with van der Waals surface area (Å²) >= 11 is 4.64. The summed E-state index contributed by atoms with van der Waals surface area (Å²) < 4.78 is 28.1. The summed E-state index contributed by atoms with van der Waals surface area (Å²) in [6, 6.07) is 8.77. The second-order valence-corrected chi connectivity index (χ2v) is 7.99. The maximum absolute atomic E-state index is 12.1. The van der Waals surface area contributed by atoms with Gasteiger partial charge in [0.2, 0.25) is 0 Å². The van der Waals surface area contributed by atoms with Gasteiger partial charge in [-0.25, -0.2) is 8.42 Å². The molecule has 1 N–H and O–H groups in total. The van der Waals surface area contributed by atoms with Crippen molar-refractivity contribution >= 4 is 43.0 Å². The van der Waals surface area contributed by atoms with Crippen molar-refractivity contribution in [2.75, 3.05) is 4.72 Å². The molecule has 0 amide bonds. The summed E-state index contributed by atoms with van der Waals surface area (Å²) in [4.78, 5) is 0.974. The molecule has 0 atom stereocenters. The Hall–Kier alpha value is -0.850. The van der Waals surface area contributed by atoms with Crippen LogP contribution in [-0.4, -0.2) is 8.42 Å². The van der Waals surface area contributed by atoms with Crippen LogP contribution in [0, 0.1) is 13.8 Å². The van der Waals surface area contributed by atoms with Gasteiger partial charge in [0.1, 0.15) is 4.21 Å². The number of rotatable bonds is 3. The topological polar surface area (TPSA) is 46.2 Å². The summed E-state index contributed by atoms with van der Waals surface area (Å²) in [5.74, 6) is 0. The zero-order valence-corrected chi connectivity index (χ0v) is 13.1. The minimum Gasteiger partial charge on any atom is -0.279 e. The molecule has 0 saturated heterocycles. The van der Waals surface area contributed by atoms with Crippen LogP contribution in [0.2, 0.25) is 0 Å². The van der Waals surface area contributed by atoms with Crippen LogP contribution in [0.3, 0.4) is 0 Å². The van der Waals surface area contributed by atoms with Crippen molar-refractivity contribution in [3.8, 4) is 0 Å². The molecule has 0 bridgehead atoms. The molecule has 0 aliphatic carbocycles. The summed E-state index contributed by atoms with van der Waals surface area (Å²) in [5, 5.41) is 0. The van der Waals surface area contributed by atoms with Crippen molar-refractivity contribution in [2.45, 2.75) is 18.1 Å². The van der Waals surface area contributed by atoms with E-state index in [0.717, 1.165) is 14.9 Å². The lowest BCUT2D eigenvalue weighted by Gasteiger charge is -2.07. The third-order valence-corrected chi connectivity index (χ3v) is 6.15. The number of halogens is 1. The number of nitrogens with one attached hydrogen (secondary N) is 1. The monoisotopic (exact) mass is 345 g/mol. The summed E-state index contributed by atoms with van der Waals surface area (Å²) in [5.41, 5.74) is 1.55. The van der Waals surface area contributed by atoms with Crippen LogP contribution in [0.15, 0.2) is 39.0 Å². The Labute approximate surface area is 119 Å². The quantitative estimate of drug-likeness (QED) is 0.915. The SMILES string of the molecule is Cc1ccc(S(=O)(=O)Nc2ccc(Br)c(C)c2)s1. The molecule has 96 valence electrons. The van der Waals surface area contributed by atoms with Gasteiger partial charge in [-0.15, -0.1) is 11.3 Å². The number of thiophene rings is 1. The number of sulfonamides is 1. The van der Waals surface area contributed by atoms with Gasteiger partial charge in [0.05, 0.1) is 0 Å². The normalized spacial score (nSPS) is 11.5. The fraction of sp³-hybridized carbons (Fsp3) is 0.167. The summed E-state index contributed by atoms with van der Waals surface area (Å²) in [6.45, 7) is 3.80. The standard InChI is InChI=1S/C12H12BrNO2S2/c1-8-7-10(4-5-11(8)13)14-18(15,16)12-6-3-9(2)17-12/h3-7,14H,1-2H3. The predicted molar refractivity (Wildman–Crippen MR) is 78.7 cm³/mol. The molecule has 0 saturated carbocycles. The molecule has 0 radical (unpaired) electrons. The molecular weight excluding hydrogens is 334 g/mol. The van der Waals surface area contributed by atoms with Crippen LogP contribution >= 0.6 is 27.3 Å². The number of hydrogen-bond donors (Lipinski definition) is 1. The highest BCUT2D eigenvalue weighted by Gasteiger charge is 2.16. The van der Waals surface area contributed by atoms with Crippen LogP contribution < -0.4 is 4.72 Å². The molecule has 1 aromatic heterocycles. The first-order chi connectivity index (χ1) is 8.38. The Balaban J connectivity index is 2.30. The minimum absolute atomic E-state index is 0.334. The first-order valence-corrected chi connectivity index (χ1v) is 8.33. The van der Waals surface area contributed by atoms with Crippen molar-refractivity contribution in [2.24, 2.45) is 0 Å². The largest absolute Gasteiger partial charge is 0.279 e. The van der Waals surface area contributed by atoms with Crippen LogP contribution in [0.25, 0.3) is 0 Å². The first kappa shape index (κ1) is 13.6. The molecule has 18 heavy (non-hydrogen) atoms. The maximum Gasteiger partial charge on any atom is 0.271 e. The van der Waals surface area contributed by atoms with Gasteiger partial charge in [-0.3, -0.25) is 4.72 Å². The lowest BCUT2D eigenvalue weighted by Crippen LogP contribution is -2.11. The van der Waals surface area contributed by atoms with Crippen molar-refractivity contribution < 1.29 is 8.42 Å². The Kier molecular flexibility index (Phi) is 3.79. The van der Waals surface area contributed by atoms with Gasteiger partial charge in [-0.05, 0) is 49.7 Å². The van der Waals surface area contributed by atoms with E-state index >= 15 is 0 Å². The van der Waals surface area contributed by atoms with Crippen molar-refractivity contribution in [1.29, 1.82) is 0 Å². The van der Waals surface area contributed by atoms with E-state index in [1.807, 2.05) is 19.9 Å². The Morgan fingerprint density at radius 1 is 1.17 bits per heavy atom. The molecule has 6 heteroatoms. The van der Waals surface area contributed by atoms with E-state index in [9.17, 15) is 8.42 Å². The smallest absolute Gasteiger partial charge is 0.271 e. The molecule has 1 aromatic carbocycles. The third kappa shape index (κ3) is 2.93. The molecule has 0 spiro atoms. The van der Waals surface area contributed by atoms with E-state index in [1.165, 1.54) is 11.3 Å².